The number of amides is 2. The number of carbonyl (C=O) groups excluding carboxylic acids is 2. The summed E-state index contributed by atoms with van der Waals surface area (Å²) in [4.78, 5) is 22.4. The molecule has 1 unspecified atom stereocenters. The Morgan fingerprint density at radius 3 is 2.80 bits per heavy atom. The van der Waals surface area contributed by atoms with Crippen LogP contribution in [0.5, 0.6) is 5.75 Å². The Morgan fingerprint density at radius 1 is 1.40 bits per heavy atom. The third-order valence-electron chi connectivity index (χ3n) is 2.45. The molecule has 0 saturated carbocycles. The Bertz CT molecular complexity index is 465. The van der Waals surface area contributed by atoms with Crippen molar-refractivity contribution < 1.29 is 19.1 Å². The van der Waals surface area contributed by atoms with Crippen LogP contribution in [0.4, 0.5) is 5.69 Å². The van der Waals surface area contributed by atoms with Crippen LogP contribution in [0.1, 0.15) is 6.42 Å². The van der Waals surface area contributed by atoms with Crippen molar-refractivity contribution in [1.29, 1.82) is 0 Å². The Balaban J connectivity index is 2.56. The zero-order chi connectivity index (χ0) is 15.0. The van der Waals surface area contributed by atoms with E-state index in [1.807, 2.05) is 0 Å². The average molecular weight is 281 g/mol. The summed E-state index contributed by atoms with van der Waals surface area (Å²) in [7, 11) is 1.55. The molecule has 0 aliphatic heterocycles. The topological polar surface area (TPSA) is 117 Å². The minimum absolute atomic E-state index is 0.218. The Labute approximate surface area is 117 Å². The lowest BCUT2D eigenvalue weighted by atomic mass is 10.2. The van der Waals surface area contributed by atoms with Crippen LogP contribution in [0.25, 0.3) is 0 Å². The molecule has 0 saturated heterocycles. The molecule has 110 valence electrons. The summed E-state index contributed by atoms with van der Waals surface area (Å²) >= 11 is 0. The molecular weight excluding hydrogens is 262 g/mol. The fraction of sp³-hybridized carbons (Fsp3) is 0.385. The molecule has 0 fully saturated rings. The van der Waals surface area contributed by atoms with Crippen molar-refractivity contribution in [2.45, 2.75) is 12.5 Å². The summed E-state index contributed by atoms with van der Waals surface area (Å²) in [5.41, 5.74) is 11.2. The zero-order valence-corrected chi connectivity index (χ0v) is 11.3. The minimum atomic E-state index is -0.648. The van der Waals surface area contributed by atoms with Crippen molar-refractivity contribution in [1.82, 2.24) is 0 Å². The van der Waals surface area contributed by atoms with Crippen molar-refractivity contribution in [3.8, 4) is 5.75 Å². The maximum atomic E-state index is 11.8. The number of hydrogen-bond acceptors (Lipinski definition) is 5. The molecule has 1 aromatic carbocycles. The van der Waals surface area contributed by atoms with Gasteiger partial charge in [-0.25, -0.2) is 0 Å². The van der Waals surface area contributed by atoms with Crippen molar-refractivity contribution >= 4 is 17.5 Å². The lowest BCUT2D eigenvalue weighted by Gasteiger charge is -2.12. The summed E-state index contributed by atoms with van der Waals surface area (Å²) in [5, 5.41) is 2.66. The van der Waals surface area contributed by atoms with E-state index in [1.54, 1.807) is 31.4 Å². The fourth-order valence-electron chi connectivity index (χ4n) is 1.43. The molecule has 1 aromatic rings. The first kappa shape index (κ1) is 15.9. The highest BCUT2D eigenvalue weighted by atomic mass is 16.5. The molecule has 0 aliphatic carbocycles. The largest absolute Gasteiger partial charge is 0.484 e. The molecule has 20 heavy (non-hydrogen) atoms. The van der Waals surface area contributed by atoms with Gasteiger partial charge in [0.15, 0.2) is 6.61 Å². The van der Waals surface area contributed by atoms with E-state index in [1.165, 1.54) is 0 Å². The highest BCUT2D eigenvalue weighted by Gasteiger charge is 2.13. The third-order valence-corrected chi connectivity index (χ3v) is 2.45. The van der Waals surface area contributed by atoms with Gasteiger partial charge in [0.05, 0.1) is 6.04 Å². The summed E-state index contributed by atoms with van der Waals surface area (Å²) in [6.45, 7) is 0.196. The van der Waals surface area contributed by atoms with Gasteiger partial charge in [0.25, 0.3) is 5.91 Å². The predicted molar refractivity (Wildman–Crippen MR) is 74.2 cm³/mol. The highest BCUT2D eigenvalue weighted by Crippen LogP contribution is 2.17. The van der Waals surface area contributed by atoms with Crippen LogP contribution in [0, 0.1) is 0 Å². The van der Waals surface area contributed by atoms with Gasteiger partial charge in [0, 0.05) is 25.5 Å². The molecule has 0 aliphatic rings. The SMILES string of the molecule is COCCC(N)C(=O)Nc1cccc(OCC(N)=O)c1. The Morgan fingerprint density at radius 2 is 2.15 bits per heavy atom. The second-order valence-electron chi connectivity index (χ2n) is 4.16. The number of carbonyl (C=O) groups is 2. The number of nitrogens with two attached hydrogens (primary N) is 2. The molecule has 1 rings (SSSR count). The minimum Gasteiger partial charge on any atom is -0.484 e. The molecule has 1 atom stereocenters. The molecule has 2 amide bonds. The van der Waals surface area contributed by atoms with E-state index in [9.17, 15) is 9.59 Å². The first-order valence-electron chi connectivity index (χ1n) is 6.09. The molecule has 5 N–H and O–H groups in total. The van der Waals surface area contributed by atoms with Crippen LogP contribution in [0.2, 0.25) is 0 Å². The Hall–Kier alpha value is -2.12. The van der Waals surface area contributed by atoms with Gasteiger partial charge in [-0.15, -0.1) is 0 Å². The molecule has 0 bridgehead atoms. The van der Waals surface area contributed by atoms with Crippen LogP contribution in [0.15, 0.2) is 24.3 Å². The molecule has 7 heteroatoms. The number of rotatable bonds is 8. The van der Waals surface area contributed by atoms with E-state index in [-0.39, 0.29) is 12.5 Å². The number of hydrogen-bond donors (Lipinski definition) is 3. The molecule has 7 nitrogen and oxygen atoms in total. The van der Waals surface area contributed by atoms with Gasteiger partial charge >= 0.3 is 0 Å². The molecule has 0 heterocycles. The monoisotopic (exact) mass is 281 g/mol. The van der Waals surface area contributed by atoms with Crippen LogP contribution in [-0.4, -0.2) is 38.2 Å². The van der Waals surface area contributed by atoms with Gasteiger partial charge < -0.3 is 26.3 Å². The lowest BCUT2D eigenvalue weighted by Crippen LogP contribution is -2.36. The van der Waals surface area contributed by atoms with Gasteiger partial charge in [-0.2, -0.15) is 0 Å². The summed E-state index contributed by atoms with van der Waals surface area (Å²) < 4.78 is 10.0. The zero-order valence-electron chi connectivity index (χ0n) is 11.3. The summed E-state index contributed by atoms with van der Waals surface area (Å²) in [5.74, 6) is -0.442. The fourth-order valence-corrected chi connectivity index (χ4v) is 1.43. The van der Waals surface area contributed by atoms with E-state index in [4.69, 9.17) is 20.9 Å². The number of ether oxygens (including phenoxy) is 2. The average Bonchev–Trinajstić information content (AvgIpc) is 2.42. The number of nitrogens with one attached hydrogen (secondary N) is 1. The summed E-state index contributed by atoms with van der Waals surface area (Å²) in [6, 6.07) is 5.98. The van der Waals surface area contributed by atoms with Crippen molar-refractivity contribution in [3.63, 3.8) is 0 Å². The molecule has 0 spiro atoms. The van der Waals surface area contributed by atoms with Crippen molar-refractivity contribution in [2.75, 3.05) is 25.6 Å². The molecule has 0 radical (unpaired) electrons. The quantitative estimate of drug-likeness (QED) is 0.613. The second-order valence-corrected chi connectivity index (χ2v) is 4.16. The van der Waals surface area contributed by atoms with Gasteiger partial charge in [0.2, 0.25) is 5.91 Å². The van der Waals surface area contributed by atoms with Gasteiger partial charge in [0.1, 0.15) is 5.75 Å². The number of primary amides is 1. The van der Waals surface area contributed by atoms with Crippen LogP contribution in [0.3, 0.4) is 0 Å². The van der Waals surface area contributed by atoms with E-state index >= 15 is 0 Å². The van der Waals surface area contributed by atoms with Crippen LogP contribution < -0.4 is 21.5 Å². The van der Waals surface area contributed by atoms with Crippen molar-refractivity contribution in [2.24, 2.45) is 11.5 Å². The van der Waals surface area contributed by atoms with E-state index in [0.29, 0.717) is 24.5 Å². The highest BCUT2D eigenvalue weighted by molar-refractivity contribution is 5.94. The Kier molecular flexibility index (Phi) is 6.48. The first-order chi connectivity index (χ1) is 9.52. The van der Waals surface area contributed by atoms with E-state index < -0.39 is 11.9 Å². The van der Waals surface area contributed by atoms with Crippen LogP contribution >= 0.6 is 0 Å². The molecule has 0 aromatic heterocycles. The number of benzene rings is 1. The standard InChI is InChI=1S/C13H19N3O4/c1-19-6-5-11(14)13(18)16-9-3-2-4-10(7-9)20-8-12(15)17/h2-4,7,11H,5-6,8,14H2,1H3,(H2,15,17)(H,16,18). The number of anilines is 1. The maximum absolute atomic E-state index is 11.8. The predicted octanol–water partition coefficient (Wildman–Crippen LogP) is -0.147. The van der Waals surface area contributed by atoms with Gasteiger partial charge in [-0.05, 0) is 18.6 Å². The van der Waals surface area contributed by atoms with Crippen molar-refractivity contribution in [3.05, 3.63) is 24.3 Å². The lowest BCUT2D eigenvalue weighted by molar-refractivity contribution is -0.120. The summed E-state index contributed by atoms with van der Waals surface area (Å²) in [6.07, 6.45) is 0.431. The van der Waals surface area contributed by atoms with Gasteiger partial charge in [-0.1, -0.05) is 6.07 Å². The van der Waals surface area contributed by atoms with E-state index in [2.05, 4.69) is 5.32 Å². The number of methoxy groups -OCH3 is 1. The smallest absolute Gasteiger partial charge is 0.255 e. The maximum Gasteiger partial charge on any atom is 0.255 e. The second kappa shape index (κ2) is 8.13. The van der Waals surface area contributed by atoms with Gasteiger partial charge in [-0.3, -0.25) is 9.59 Å². The normalized spacial score (nSPS) is 11.7. The first-order valence-corrected chi connectivity index (χ1v) is 6.09. The molecular formula is C13H19N3O4. The van der Waals surface area contributed by atoms with E-state index in [0.717, 1.165) is 0 Å². The van der Waals surface area contributed by atoms with Crippen LogP contribution in [-0.2, 0) is 14.3 Å². The third kappa shape index (κ3) is 5.68.